The maximum atomic E-state index is 14.3. The van der Waals surface area contributed by atoms with Crippen molar-refractivity contribution in [2.24, 2.45) is 0 Å². The van der Waals surface area contributed by atoms with Gasteiger partial charge >= 0.3 is 12.3 Å². The minimum absolute atomic E-state index is 0.230. The Morgan fingerprint density at radius 1 is 1.00 bits per heavy atom. The summed E-state index contributed by atoms with van der Waals surface area (Å²) in [6, 6.07) is 4.32. The molecule has 0 saturated carbocycles. The third-order valence-corrected chi connectivity index (χ3v) is 3.35. The lowest BCUT2D eigenvalue weighted by molar-refractivity contribution is -0.274. The zero-order valence-corrected chi connectivity index (χ0v) is 14.3. The minimum Gasteiger partial charge on any atom is -0.493 e. The van der Waals surface area contributed by atoms with Crippen molar-refractivity contribution in [1.29, 1.82) is 0 Å². The van der Waals surface area contributed by atoms with Crippen molar-refractivity contribution in [3.05, 3.63) is 47.3 Å². The highest BCUT2D eigenvalue weighted by atomic mass is 19.4. The van der Waals surface area contributed by atoms with Gasteiger partial charge in [0.15, 0.2) is 11.5 Å². The molecule has 0 heterocycles. The van der Waals surface area contributed by atoms with E-state index in [-0.39, 0.29) is 11.5 Å². The second kappa shape index (κ2) is 8.28. The molecule has 0 saturated heterocycles. The van der Waals surface area contributed by atoms with Crippen molar-refractivity contribution in [3.8, 4) is 23.0 Å². The molecule has 2 rings (SSSR count). The van der Waals surface area contributed by atoms with Gasteiger partial charge in [0.1, 0.15) is 22.9 Å². The second-order valence-electron chi connectivity index (χ2n) is 5.10. The molecule has 0 radical (unpaired) electrons. The van der Waals surface area contributed by atoms with E-state index < -0.39 is 47.2 Å². The molecule has 2 aromatic rings. The van der Waals surface area contributed by atoms with Crippen LogP contribution in [0, 0.1) is 5.82 Å². The van der Waals surface area contributed by atoms with Crippen LogP contribution < -0.4 is 14.2 Å². The van der Waals surface area contributed by atoms with Crippen LogP contribution in [0.3, 0.4) is 0 Å². The van der Waals surface area contributed by atoms with E-state index in [2.05, 4.69) is 9.47 Å². The molecule has 152 valence electrons. The number of halogens is 6. The zero-order chi connectivity index (χ0) is 21.1. The molecule has 28 heavy (non-hydrogen) atoms. The van der Waals surface area contributed by atoms with Gasteiger partial charge in [0, 0.05) is 6.07 Å². The summed E-state index contributed by atoms with van der Waals surface area (Å²) in [5, 5.41) is 0. The molecule has 0 bridgehead atoms. The fraction of sp³-hybridized carbons (Fsp3) is 0.235. The molecule has 11 heteroatoms. The van der Waals surface area contributed by atoms with Crippen LogP contribution in [0.15, 0.2) is 30.3 Å². The number of esters is 1. The van der Waals surface area contributed by atoms with E-state index in [4.69, 9.17) is 9.47 Å². The van der Waals surface area contributed by atoms with Crippen LogP contribution in [0.4, 0.5) is 26.3 Å². The minimum atomic E-state index is -4.94. The molecule has 0 N–H and O–H groups in total. The van der Waals surface area contributed by atoms with E-state index >= 15 is 0 Å². The lowest BCUT2D eigenvalue weighted by Gasteiger charge is -2.16. The van der Waals surface area contributed by atoms with Crippen LogP contribution in [0.25, 0.3) is 0 Å². The van der Waals surface area contributed by atoms with Gasteiger partial charge < -0.3 is 18.9 Å². The average Bonchev–Trinajstić information content (AvgIpc) is 2.61. The highest BCUT2D eigenvalue weighted by Crippen LogP contribution is 2.39. The highest BCUT2D eigenvalue weighted by molar-refractivity contribution is 5.93. The van der Waals surface area contributed by atoms with Crippen LogP contribution >= 0.6 is 0 Å². The van der Waals surface area contributed by atoms with Gasteiger partial charge in [-0.15, -0.1) is 13.2 Å². The first-order valence-corrected chi connectivity index (χ1v) is 7.38. The van der Waals surface area contributed by atoms with Crippen LogP contribution in [-0.2, 0) is 4.74 Å². The summed E-state index contributed by atoms with van der Waals surface area (Å²) in [4.78, 5) is 11.8. The Hall–Kier alpha value is -3.11. The molecule has 0 amide bonds. The Bertz CT molecular complexity index is 866. The summed E-state index contributed by atoms with van der Waals surface area (Å²) >= 11 is 0. The third-order valence-electron chi connectivity index (χ3n) is 3.35. The number of hydrogen-bond acceptors (Lipinski definition) is 5. The fourth-order valence-electron chi connectivity index (χ4n) is 2.17. The Kier molecular flexibility index (Phi) is 6.26. The van der Waals surface area contributed by atoms with E-state index in [1.807, 2.05) is 0 Å². The quantitative estimate of drug-likeness (QED) is 0.481. The van der Waals surface area contributed by atoms with E-state index in [1.165, 1.54) is 0 Å². The molecule has 5 nitrogen and oxygen atoms in total. The van der Waals surface area contributed by atoms with Gasteiger partial charge in [0.25, 0.3) is 6.43 Å². The van der Waals surface area contributed by atoms with Crippen LogP contribution in [0.5, 0.6) is 23.0 Å². The number of ether oxygens (including phenoxy) is 4. The summed E-state index contributed by atoms with van der Waals surface area (Å²) in [5.41, 5.74) is -1.95. The molecule has 0 aliphatic rings. The van der Waals surface area contributed by atoms with Crippen molar-refractivity contribution >= 4 is 5.97 Å². The topological polar surface area (TPSA) is 54.0 Å². The Morgan fingerprint density at radius 3 is 2.18 bits per heavy atom. The summed E-state index contributed by atoms with van der Waals surface area (Å²) in [6.45, 7) is 0. The van der Waals surface area contributed by atoms with Crippen LogP contribution in [0.1, 0.15) is 22.3 Å². The summed E-state index contributed by atoms with van der Waals surface area (Å²) in [6.07, 6.45) is -8.15. The Morgan fingerprint density at radius 2 is 1.64 bits per heavy atom. The predicted molar refractivity (Wildman–Crippen MR) is 82.4 cm³/mol. The second-order valence-corrected chi connectivity index (χ2v) is 5.10. The normalized spacial score (nSPS) is 11.3. The van der Waals surface area contributed by atoms with Gasteiger partial charge in [-0.3, -0.25) is 0 Å². The molecule has 0 aliphatic heterocycles. The van der Waals surface area contributed by atoms with Crippen molar-refractivity contribution in [2.45, 2.75) is 12.8 Å². The first-order chi connectivity index (χ1) is 13.1. The van der Waals surface area contributed by atoms with E-state index in [1.54, 1.807) is 0 Å². The monoisotopic (exact) mass is 410 g/mol. The molecule has 0 aliphatic carbocycles. The lowest BCUT2D eigenvalue weighted by Crippen LogP contribution is -2.17. The molecular weight excluding hydrogens is 398 g/mol. The van der Waals surface area contributed by atoms with Crippen molar-refractivity contribution < 1.29 is 50.1 Å². The maximum Gasteiger partial charge on any atom is 0.573 e. The summed E-state index contributed by atoms with van der Waals surface area (Å²) < 4.78 is 95.3. The Labute approximate surface area is 154 Å². The number of hydrogen-bond donors (Lipinski definition) is 0. The SMILES string of the molecule is COC(=O)c1c(Oc2ccc(OC(F)(F)F)cc2OC)ccc(C(F)F)c1F. The predicted octanol–water partition coefficient (Wildman–Crippen LogP) is 5.25. The van der Waals surface area contributed by atoms with Gasteiger partial charge in [0.2, 0.25) is 0 Å². The number of carbonyl (C=O) groups excluding carboxylic acids is 1. The first-order valence-electron chi connectivity index (χ1n) is 7.38. The number of benzene rings is 2. The van der Waals surface area contributed by atoms with Gasteiger partial charge in [-0.05, 0) is 24.3 Å². The molecule has 0 fully saturated rings. The number of alkyl halides is 5. The molecule has 0 atom stereocenters. The number of carbonyl (C=O) groups is 1. The van der Waals surface area contributed by atoms with Crippen LogP contribution in [-0.4, -0.2) is 26.6 Å². The molecular formula is C17H12F6O5. The molecule has 0 spiro atoms. The Balaban J connectivity index is 2.47. The van der Waals surface area contributed by atoms with Crippen molar-refractivity contribution in [2.75, 3.05) is 14.2 Å². The molecule has 0 aromatic heterocycles. The van der Waals surface area contributed by atoms with Crippen molar-refractivity contribution in [3.63, 3.8) is 0 Å². The van der Waals surface area contributed by atoms with E-state index in [0.717, 1.165) is 38.5 Å². The molecule has 0 unspecified atom stereocenters. The highest BCUT2D eigenvalue weighted by Gasteiger charge is 2.32. The lowest BCUT2D eigenvalue weighted by atomic mass is 10.1. The number of methoxy groups -OCH3 is 2. The average molecular weight is 410 g/mol. The summed E-state index contributed by atoms with van der Waals surface area (Å²) in [7, 11) is 2.02. The number of rotatable bonds is 6. The largest absolute Gasteiger partial charge is 0.573 e. The standard InChI is InChI=1S/C17H12F6O5/c1-25-12-7-8(28-17(21,22)23)3-5-10(12)27-11-6-4-9(15(19)20)14(18)13(11)16(24)26-2/h3-7,15H,1-2H3. The van der Waals surface area contributed by atoms with Gasteiger partial charge in [-0.2, -0.15) is 0 Å². The summed E-state index contributed by atoms with van der Waals surface area (Å²) in [5.74, 6) is -4.44. The van der Waals surface area contributed by atoms with Crippen molar-refractivity contribution in [1.82, 2.24) is 0 Å². The molecule has 2 aromatic carbocycles. The van der Waals surface area contributed by atoms with Crippen LogP contribution in [0.2, 0.25) is 0 Å². The van der Waals surface area contributed by atoms with E-state index in [0.29, 0.717) is 6.07 Å². The zero-order valence-electron chi connectivity index (χ0n) is 14.3. The smallest absolute Gasteiger partial charge is 0.493 e. The van der Waals surface area contributed by atoms with E-state index in [9.17, 15) is 31.1 Å². The third kappa shape index (κ3) is 4.78. The maximum absolute atomic E-state index is 14.3. The van der Waals surface area contributed by atoms with Gasteiger partial charge in [0.05, 0.1) is 19.8 Å². The fourth-order valence-corrected chi connectivity index (χ4v) is 2.17. The van der Waals surface area contributed by atoms with Gasteiger partial charge in [-0.25, -0.2) is 18.0 Å². The first kappa shape index (κ1) is 21.2. The van der Waals surface area contributed by atoms with Gasteiger partial charge in [-0.1, -0.05) is 0 Å².